The Bertz CT molecular complexity index is 782. The van der Waals surface area contributed by atoms with Crippen LogP contribution in [0.15, 0.2) is 22.6 Å². The fraction of sp³-hybridized carbons (Fsp3) is 0.167. The fourth-order valence-electron chi connectivity index (χ4n) is 2.15. The predicted molar refractivity (Wildman–Crippen MR) is 66.3 cm³/mol. The van der Waals surface area contributed by atoms with Gasteiger partial charge in [0.1, 0.15) is 12.1 Å². The number of imide groups is 1. The van der Waals surface area contributed by atoms with Gasteiger partial charge in [0.15, 0.2) is 0 Å². The fourth-order valence-corrected chi connectivity index (χ4v) is 2.15. The van der Waals surface area contributed by atoms with E-state index in [1.807, 2.05) is 0 Å². The zero-order chi connectivity index (χ0) is 15.1. The number of hydrogen-bond donors (Lipinski definition) is 0. The summed E-state index contributed by atoms with van der Waals surface area (Å²) in [5.41, 5.74) is -0.593. The normalized spacial score (nSPS) is 13.7. The van der Waals surface area contributed by atoms with E-state index in [1.54, 1.807) is 6.92 Å². The second-order valence-electron chi connectivity index (χ2n) is 4.37. The summed E-state index contributed by atoms with van der Waals surface area (Å²) in [6, 6.07) is 3.93. The molecular formula is C12H8N4O5. The molecule has 0 atom stereocenters. The molecule has 106 valence electrons. The number of carbonyl (C=O) groups is 2. The second kappa shape index (κ2) is 4.47. The summed E-state index contributed by atoms with van der Waals surface area (Å²) in [5.74, 6) is -0.968. The maximum Gasteiger partial charge on any atom is 0.282 e. The molecule has 0 unspecified atom stereocenters. The molecule has 0 saturated carbocycles. The first-order chi connectivity index (χ1) is 9.99. The predicted octanol–water partition coefficient (Wildman–Crippen LogP) is 1.08. The third-order valence-electron chi connectivity index (χ3n) is 3.03. The smallest absolute Gasteiger partial charge is 0.282 e. The molecule has 1 aliphatic heterocycles. The van der Waals surface area contributed by atoms with Gasteiger partial charge in [0.2, 0.25) is 11.8 Å². The van der Waals surface area contributed by atoms with Gasteiger partial charge in [-0.3, -0.25) is 24.6 Å². The van der Waals surface area contributed by atoms with E-state index in [1.165, 1.54) is 18.2 Å². The van der Waals surface area contributed by atoms with Gasteiger partial charge < -0.3 is 4.42 Å². The topological polar surface area (TPSA) is 119 Å². The molecule has 0 saturated heterocycles. The van der Waals surface area contributed by atoms with E-state index in [-0.39, 0.29) is 23.6 Å². The number of hydrogen-bond acceptors (Lipinski definition) is 7. The molecule has 9 nitrogen and oxygen atoms in total. The lowest BCUT2D eigenvalue weighted by molar-refractivity contribution is -0.385. The zero-order valence-electron chi connectivity index (χ0n) is 10.8. The summed E-state index contributed by atoms with van der Waals surface area (Å²) >= 11 is 0. The summed E-state index contributed by atoms with van der Waals surface area (Å²) in [7, 11) is 0. The summed E-state index contributed by atoms with van der Waals surface area (Å²) < 4.78 is 5.12. The van der Waals surface area contributed by atoms with Crippen LogP contribution in [0.25, 0.3) is 0 Å². The quantitative estimate of drug-likeness (QED) is 0.470. The van der Waals surface area contributed by atoms with Crippen molar-refractivity contribution in [2.75, 3.05) is 0 Å². The Hall–Kier alpha value is -3.10. The highest BCUT2D eigenvalue weighted by atomic mass is 16.6. The van der Waals surface area contributed by atoms with Crippen molar-refractivity contribution in [2.45, 2.75) is 13.5 Å². The van der Waals surface area contributed by atoms with Gasteiger partial charge in [-0.25, -0.2) is 0 Å². The maximum absolute atomic E-state index is 12.3. The number of carbonyl (C=O) groups excluding carboxylic acids is 2. The first-order valence-electron chi connectivity index (χ1n) is 5.91. The van der Waals surface area contributed by atoms with Crippen LogP contribution in [-0.2, 0) is 6.54 Å². The number of rotatable bonds is 3. The Balaban J connectivity index is 2.01. The molecule has 0 aliphatic carbocycles. The zero-order valence-corrected chi connectivity index (χ0v) is 10.8. The third-order valence-corrected chi connectivity index (χ3v) is 3.03. The van der Waals surface area contributed by atoms with Gasteiger partial charge in [0.05, 0.1) is 10.5 Å². The highest BCUT2D eigenvalue weighted by Gasteiger charge is 2.41. The van der Waals surface area contributed by atoms with Crippen molar-refractivity contribution in [3.8, 4) is 0 Å². The summed E-state index contributed by atoms with van der Waals surface area (Å²) in [5, 5.41) is 18.3. The van der Waals surface area contributed by atoms with Crippen molar-refractivity contribution >= 4 is 17.5 Å². The van der Waals surface area contributed by atoms with Crippen molar-refractivity contribution in [3.05, 3.63) is 51.2 Å². The van der Waals surface area contributed by atoms with E-state index in [0.717, 1.165) is 4.90 Å². The third kappa shape index (κ3) is 1.95. The average Bonchev–Trinajstić information content (AvgIpc) is 2.96. The van der Waals surface area contributed by atoms with Gasteiger partial charge >= 0.3 is 0 Å². The van der Waals surface area contributed by atoms with Crippen molar-refractivity contribution in [3.63, 3.8) is 0 Å². The first kappa shape index (κ1) is 12.9. The van der Waals surface area contributed by atoms with Crippen molar-refractivity contribution in [1.29, 1.82) is 0 Å². The molecular weight excluding hydrogens is 280 g/mol. The molecule has 2 amide bonds. The van der Waals surface area contributed by atoms with E-state index < -0.39 is 22.4 Å². The molecule has 1 aromatic heterocycles. The van der Waals surface area contributed by atoms with Gasteiger partial charge in [0.25, 0.3) is 17.5 Å². The second-order valence-corrected chi connectivity index (χ2v) is 4.37. The van der Waals surface area contributed by atoms with Gasteiger partial charge in [-0.1, -0.05) is 6.07 Å². The molecule has 2 heterocycles. The summed E-state index contributed by atoms with van der Waals surface area (Å²) in [4.78, 5) is 35.6. The van der Waals surface area contributed by atoms with Crippen LogP contribution in [0.4, 0.5) is 5.69 Å². The molecule has 0 N–H and O–H groups in total. The number of aromatic nitrogens is 2. The van der Waals surface area contributed by atoms with Crippen LogP contribution in [0.3, 0.4) is 0 Å². The number of aryl methyl sites for hydroxylation is 1. The highest BCUT2D eigenvalue weighted by Crippen LogP contribution is 2.31. The molecule has 0 spiro atoms. The molecule has 2 aromatic rings. The number of nitrogens with zero attached hydrogens (tertiary/aromatic N) is 4. The van der Waals surface area contributed by atoms with Gasteiger partial charge in [-0.15, -0.1) is 10.2 Å². The lowest BCUT2D eigenvalue weighted by Gasteiger charge is -2.09. The van der Waals surface area contributed by atoms with E-state index in [0.29, 0.717) is 5.89 Å². The molecule has 3 rings (SSSR count). The monoisotopic (exact) mass is 288 g/mol. The van der Waals surface area contributed by atoms with Crippen molar-refractivity contribution in [1.82, 2.24) is 15.1 Å². The minimum atomic E-state index is -0.738. The Morgan fingerprint density at radius 1 is 1.29 bits per heavy atom. The van der Waals surface area contributed by atoms with E-state index in [4.69, 9.17) is 4.42 Å². The lowest BCUT2D eigenvalue weighted by Crippen LogP contribution is -2.29. The van der Waals surface area contributed by atoms with Gasteiger partial charge in [-0.2, -0.15) is 0 Å². The van der Waals surface area contributed by atoms with Crippen LogP contribution < -0.4 is 0 Å². The average molecular weight is 288 g/mol. The van der Waals surface area contributed by atoms with Crippen LogP contribution in [0.5, 0.6) is 0 Å². The van der Waals surface area contributed by atoms with Crippen molar-refractivity contribution < 1.29 is 18.9 Å². The molecule has 9 heteroatoms. The molecule has 0 radical (unpaired) electrons. The van der Waals surface area contributed by atoms with Crippen LogP contribution >= 0.6 is 0 Å². The minimum absolute atomic E-state index is 0.00503. The first-order valence-corrected chi connectivity index (χ1v) is 5.91. The number of nitro groups is 1. The minimum Gasteiger partial charge on any atom is -0.424 e. The number of fused-ring (bicyclic) bond motifs is 1. The molecule has 0 bridgehead atoms. The van der Waals surface area contributed by atoms with Crippen LogP contribution in [-0.4, -0.2) is 31.8 Å². The summed E-state index contributed by atoms with van der Waals surface area (Å²) in [6.45, 7) is 1.36. The summed E-state index contributed by atoms with van der Waals surface area (Å²) in [6.07, 6.45) is 0. The number of nitro benzene ring substituents is 1. The van der Waals surface area contributed by atoms with Crippen LogP contribution in [0, 0.1) is 17.0 Å². The van der Waals surface area contributed by atoms with Crippen molar-refractivity contribution in [2.24, 2.45) is 0 Å². The number of amides is 2. The molecule has 21 heavy (non-hydrogen) atoms. The standard InChI is InChI=1S/C12H8N4O5/c1-6-13-14-9(21-6)5-15-11(17)7-3-2-4-8(16(19)20)10(7)12(15)18/h2-4H,5H2,1H3. The van der Waals surface area contributed by atoms with Crippen LogP contribution in [0.1, 0.15) is 32.5 Å². The lowest BCUT2D eigenvalue weighted by atomic mass is 10.1. The highest BCUT2D eigenvalue weighted by molar-refractivity contribution is 6.23. The Labute approximate surface area is 117 Å². The maximum atomic E-state index is 12.3. The Kier molecular flexibility index (Phi) is 2.75. The van der Waals surface area contributed by atoms with Gasteiger partial charge in [0, 0.05) is 13.0 Å². The Morgan fingerprint density at radius 3 is 2.67 bits per heavy atom. The van der Waals surface area contributed by atoms with E-state index in [9.17, 15) is 19.7 Å². The van der Waals surface area contributed by atoms with Crippen LogP contribution in [0.2, 0.25) is 0 Å². The SMILES string of the molecule is Cc1nnc(CN2C(=O)c3cccc([N+](=O)[O-])c3C2=O)o1. The van der Waals surface area contributed by atoms with E-state index >= 15 is 0 Å². The van der Waals surface area contributed by atoms with Gasteiger partial charge in [-0.05, 0) is 6.07 Å². The Morgan fingerprint density at radius 2 is 2.05 bits per heavy atom. The molecule has 0 fully saturated rings. The number of benzene rings is 1. The largest absolute Gasteiger partial charge is 0.424 e. The van der Waals surface area contributed by atoms with E-state index in [2.05, 4.69) is 10.2 Å². The molecule has 1 aliphatic rings. The molecule has 1 aromatic carbocycles.